The molecule has 4 nitrogen and oxygen atoms in total. The number of nitrogens with one attached hydrogen (secondary N) is 1. The first-order valence-corrected chi connectivity index (χ1v) is 10.1. The fraction of sp³-hybridized carbons (Fsp3) is 0.947. The van der Waals surface area contributed by atoms with Crippen LogP contribution >= 0.6 is 0 Å². The Morgan fingerprint density at radius 1 is 0.826 bits per heavy atom. The Kier molecular flexibility index (Phi) is 6.76. The number of nitrogens with zero attached hydrogens (tertiary/aromatic N) is 2. The maximum absolute atomic E-state index is 12.4. The van der Waals surface area contributed by atoms with E-state index < -0.39 is 0 Å². The summed E-state index contributed by atoms with van der Waals surface area (Å²) in [5.74, 6) is 0.262. The van der Waals surface area contributed by atoms with E-state index in [2.05, 4.69) is 15.1 Å². The average molecular weight is 322 g/mol. The van der Waals surface area contributed by atoms with Gasteiger partial charge in [-0.2, -0.15) is 0 Å². The van der Waals surface area contributed by atoms with E-state index in [1.54, 1.807) is 0 Å². The fourth-order valence-corrected chi connectivity index (χ4v) is 4.66. The first kappa shape index (κ1) is 17.2. The van der Waals surface area contributed by atoms with Crippen molar-refractivity contribution in [3.05, 3.63) is 0 Å². The van der Waals surface area contributed by atoms with Gasteiger partial charge in [0.1, 0.15) is 0 Å². The molecule has 1 atom stereocenters. The van der Waals surface area contributed by atoms with Gasteiger partial charge in [-0.25, -0.2) is 0 Å². The lowest BCUT2D eigenvalue weighted by Crippen LogP contribution is -2.50. The summed E-state index contributed by atoms with van der Waals surface area (Å²) >= 11 is 0. The van der Waals surface area contributed by atoms with Crippen molar-refractivity contribution in [3.8, 4) is 0 Å². The number of piperidine rings is 1. The average Bonchev–Trinajstić information content (AvgIpc) is 3.04. The lowest BCUT2D eigenvalue weighted by atomic mass is 9.96. The van der Waals surface area contributed by atoms with Gasteiger partial charge in [-0.05, 0) is 58.2 Å². The summed E-state index contributed by atoms with van der Waals surface area (Å²) in [6.07, 6.45) is 14.3. The molecular formula is C19H35N3O. The van der Waals surface area contributed by atoms with Crippen LogP contribution in [0.2, 0.25) is 0 Å². The van der Waals surface area contributed by atoms with E-state index in [0.29, 0.717) is 18.6 Å². The third-order valence-electron chi connectivity index (χ3n) is 5.98. The Labute approximate surface area is 142 Å². The summed E-state index contributed by atoms with van der Waals surface area (Å²) in [6.45, 7) is 5.35. The van der Waals surface area contributed by atoms with Crippen LogP contribution in [0.4, 0.5) is 0 Å². The molecule has 0 aromatic rings. The summed E-state index contributed by atoms with van der Waals surface area (Å²) in [7, 11) is 0. The first-order chi connectivity index (χ1) is 11.3. The summed E-state index contributed by atoms with van der Waals surface area (Å²) in [4.78, 5) is 17.5. The van der Waals surface area contributed by atoms with E-state index in [4.69, 9.17) is 0 Å². The van der Waals surface area contributed by atoms with E-state index in [9.17, 15) is 4.79 Å². The van der Waals surface area contributed by atoms with E-state index >= 15 is 0 Å². The monoisotopic (exact) mass is 321 g/mol. The van der Waals surface area contributed by atoms with Crippen molar-refractivity contribution in [2.75, 3.05) is 32.7 Å². The Balaban J connectivity index is 1.41. The van der Waals surface area contributed by atoms with Crippen molar-refractivity contribution in [2.24, 2.45) is 0 Å². The smallest absolute Gasteiger partial charge is 0.234 e. The Bertz CT molecular complexity index is 360. The zero-order valence-corrected chi connectivity index (χ0v) is 14.8. The number of likely N-dealkylation sites (tertiary alicyclic amines) is 2. The summed E-state index contributed by atoms with van der Waals surface area (Å²) in [5.41, 5.74) is 0. The molecule has 3 fully saturated rings. The Morgan fingerprint density at radius 2 is 1.52 bits per heavy atom. The zero-order valence-electron chi connectivity index (χ0n) is 14.8. The molecule has 132 valence electrons. The minimum Gasteiger partial charge on any atom is -0.352 e. The SMILES string of the molecule is O=C(CN1CCC[C@@H](N2CCCC2)C1)NC1CCCCCCC1. The van der Waals surface area contributed by atoms with Crippen LogP contribution in [-0.4, -0.2) is 60.5 Å². The zero-order chi connectivity index (χ0) is 15.9. The predicted octanol–water partition coefficient (Wildman–Crippen LogP) is 2.78. The standard InChI is InChI=1S/C19H35N3O/c23-19(20-17-9-4-2-1-3-5-10-17)16-21-12-8-11-18(15-21)22-13-6-7-14-22/h17-18H,1-16H2,(H,20,23)/t18-/m1/s1. The first-order valence-electron chi connectivity index (χ1n) is 10.1. The van der Waals surface area contributed by atoms with Crippen molar-refractivity contribution in [2.45, 2.75) is 82.7 Å². The maximum Gasteiger partial charge on any atom is 0.234 e. The number of rotatable bonds is 4. The number of carbonyl (C=O) groups excluding carboxylic acids is 1. The maximum atomic E-state index is 12.4. The summed E-state index contributed by atoms with van der Waals surface area (Å²) in [5, 5.41) is 3.32. The molecule has 0 bridgehead atoms. The summed E-state index contributed by atoms with van der Waals surface area (Å²) < 4.78 is 0. The molecule has 0 aromatic carbocycles. The van der Waals surface area contributed by atoms with Gasteiger partial charge in [0.2, 0.25) is 5.91 Å². The molecule has 4 heteroatoms. The highest BCUT2D eigenvalue weighted by Gasteiger charge is 2.28. The Hall–Kier alpha value is -0.610. The quantitative estimate of drug-likeness (QED) is 0.865. The fourth-order valence-electron chi connectivity index (χ4n) is 4.66. The van der Waals surface area contributed by atoms with Crippen LogP contribution in [0.5, 0.6) is 0 Å². The largest absolute Gasteiger partial charge is 0.352 e. The van der Waals surface area contributed by atoms with E-state index in [1.165, 1.54) is 83.7 Å². The predicted molar refractivity (Wildman–Crippen MR) is 94.5 cm³/mol. The van der Waals surface area contributed by atoms with Crippen LogP contribution in [-0.2, 0) is 4.79 Å². The molecule has 2 aliphatic heterocycles. The molecule has 0 spiro atoms. The summed E-state index contributed by atoms with van der Waals surface area (Å²) in [6, 6.07) is 1.13. The van der Waals surface area contributed by atoms with E-state index in [1.807, 2.05) is 0 Å². The number of hydrogen-bond acceptors (Lipinski definition) is 3. The molecule has 2 heterocycles. The van der Waals surface area contributed by atoms with Crippen LogP contribution in [0, 0.1) is 0 Å². The van der Waals surface area contributed by atoms with E-state index in [0.717, 1.165) is 13.1 Å². The lowest BCUT2D eigenvalue weighted by Gasteiger charge is -2.37. The molecule has 1 saturated carbocycles. The second kappa shape index (κ2) is 9.03. The highest BCUT2D eigenvalue weighted by atomic mass is 16.2. The molecule has 1 aliphatic carbocycles. The number of carbonyl (C=O) groups is 1. The van der Waals surface area contributed by atoms with Gasteiger partial charge in [-0.15, -0.1) is 0 Å². The van der Waals surface area contributed by atoms with Gasteiger partial charge in [-0.3, -0.25) is 14.6 Å². The number of amides is 1. The molecule has 0 aromatic heterocycles. The second-order valence-electron chi connectivity index (χ2n) is 7.88. The molecule has 23 heavy (non-hydrogen) atoms. The van der Waals surface area contributed by atoms with Gasteiger partial charge in [0.25, 0.3) is 0 Å². The molecule has 2 saturated heterocycles. The minimum absolute atomic E-state index is 0.262. The van der Waals surface area contributed by atoms with Crippen molar-refractivity contribution < 1.29 is 4.79 Å². The van der Waals surface area contributed by atoms with Crippen LogP contribution in [0.3, 0.4) is 0 Å². The van der Waals surface area contributed by atoms with Gasteiger partial charge in [0.15, 0.2) is 0 Å². The molecular weight excluding hydrogens is 286 g/mol. The van der Waals surface area contributed by atoms with Crippen LogP contribution in [0.1, 0.15) is 70.6 Å². The molecule has 3 rings (SSSR count). The van der Waals surface area contributed by atoms with Crippen molar-refractivity contribution >= 4 is 5.91 Å². The molecule has 1 N–H and O–H groups in total. The second-order valence-corrected chi connectivity index (χ2v) is 7.88. The van der Waals surface area contributed by atoms with E-state index in [-0.39, 0.29) is 5.91 Å². The topological polar surface area (TPSA) is 35.6 Å². The molecule has 3 aliphatic rings. The molecule has 1 amide bonds. The van der Waals surface area contributed by atoms with Gasteiger partial charge in [0.05, 0.1) is 6.54 Å². The molecule has 0 unspecified atom stereocenters. The van der Waals surface area contributed by atoms with Crippen molar-refractivity contribution in [1.82, 2.24) is 15.1 Å². The van der Waals surface area contributed by atoms with Gasteiger partial charge < -0.3 is 5.32 Å². The van der Waals surface area contributed by atoms with Crippen LogP contribution < -0.4 is 5.32 Å². The third kappa shape index (κ3) is 5.46. The van der Waals surface area contributed by atoms with Gasteiger partial charge in [-0.1, -0.05) is 32.1 Å². The highest BCUT2D eigenvalue weighted by molar-refractivity contribution is 5.78. The van der Waals surface area contributed by atoms with Crippen LogP contribution in [0.15, 0.2) is 0 Å². The normalized spacial score (nSPS) is 29.1. The Morgan fingerprint density at radius 3 is 2.26 bits per heavy atom. The molecule has 0 radical (unpaired) electrons. The number of hydrogen-bond donors (Lipinski definition) is 1. The lowest BCUT2D eigenvalue weighted by molar-refractivity contribution is -0.123. The van der Waals surface area contributed by atoms with Crippen LogP contribution in [0.25, 0.3) is 0 Å². The van der Waals surface area contributed by atoms with Gasteiger partial charge in [0, 0.05) is 18.6 Å². The highest BCUT2D eigenvalue weighted by Crippen LogP contribution is 2.20. The van der Waals surface area contributed by atoms with Crippen molar-refractivity contribution in [1.29, 1.82) is 0 Å². The minimum atomic E-state index is 0.262. The third-order valence-corrected chi connectivity index (χ3v) is 5.98. The van der Waals surface area contributed by atoms with Crippen molar-refractivity contribution in [3.63, 3.8) is 0 Å². The van der Waals surface area contributed by atoms with Gasteiger partial charge >= 0.3 is 0 Å².